The first-order chi connectivity index (χ1) is 8.93. The Balaban J connectivity index is 1.89. The highest BCUT2D eigenvalue weighted by Gasteiger charge is 2.42. The lowest BCUT2D eigenvalue weighted by molar-refractivity contribution is -0.146. The van der Waals surface area contributed by atoms with Crippen LogP contribution in [-0.2, 0) is 14.3 Å². The van der Waals surface area contributed by atoms with Crippen molar-refractivity contribution >= 4 is 18.0 Å². The molecule has 2 fully saturated rings. The number of hydrogen-bond donors (Lipinski definition) is 1. The first-order valence-electron chi connectivity index (χ1n) is 6.28. The summed E-state index contributed by atoms with van der Waals surface area (Å²) in [6.45, 7) is 3.27. The molecule has 0 spiro atoms. The molecule has 0 radical (unpaired) electrons. The van der Waals surface area contributed by atoms with E-state index < -0.39 is 11.9 Å². The van der Waals surface area contributed by atoms with Crippen molar-refractivity contribution in [3.05, 3.63) is 0 Å². The average molecular weight is 270 g/mol. The Morgan fingerprint density at radius 2 is 1.68 bits per heavy atom. The van der Waals surface area contributed by atoms with Gasteiger partial charge in [-0.1, -0.05) is 6.92 Å². The summed E-state index contributed by atoms with van der Waals surface area (Å²) < 4.78 is 4.71. The van der Waals surface area contributed by atoms with Crippen LogP contribution in [0.15, 0.2) is 0 Å². The molecule has 0 aliphatic carbocycles. The van der Waals surface area contributed by atoms with Crippen molar-refractivity contribution < 1.29 is 24.2 Å². The first-order valence-corrected chi connectivity index (χ1v) is 6.28. The Hall–Kier alpha value is -1.79. The lowest BCUT2D eigenvalue weighted by Crippen LogP contribution is -2.56. The molecular formula is C12H18N2O5. The van der Waals surface area contributed by atoms with Gasteiger partial charge in [0.2, 0.25) is 0 Å². The van der Waals surface area contributed by atoms with Crippen LogP contribution in [0, 0.1) is 17.8 Å². The second-order valence-electron chi connectivity index (χ2n) is 5.23. The predicted molar refractivity (Wildman–Crippen MR) is 64.3 cm³/mol. The molecule has 2 unspecified atom stereocenters. The van der Waals surface area contributed by atoms with Crippen LogP contribution in [0.25, 0.3) is 0 Å². The van der Waals surface area contributed by atoms with Crippen molar-refractivity contribution in [2.75, 3.05) is 33.3 Å². The lowest BCUT2D eigenvalue weighted by Gasteiger charge is -2.39. The van der Waals surface area contributed by atoms with Gasteiger partial charge in [0.05, 0.1) is 18.9 Å². The molecule has 106 valence electrons. The van der Waals surface area contributed by atoms with Crippen molar-refractivity contribution in [3.63, 3.8) is 0 Å². The highest BCUT2D eigenvalue weighted by Crippen LogP contribution is 2.27. The quantitative estimate of drug-likeness (QED) is 0.706. The van der Waals surface area contributed by atoms with Crippen molar-refractivity contribution in [2.45, 2.75) is 6.92 Å². The molecule has 2 aliphatic rings. The number of carbonyl (C=O) groups excluding carboxylic acids is 2. The number of carbonyl (C=O) groups is 3. The number of esters is 1. The monoisotopic (exact) mass is 270 g/mol. The molecule has 2 atom stereocenters. The van der Waals surface area contributed by atoms with Gasteiger partial charge in [0.1, 0.15) is 0 Å². The van der Waals surface area contributed by atoms with Crippen LogP contribution in [0.1, 0.15) is 6.92 Å². The Bertz CT molecular complexity index is 405. The molecule has 2 saturated heterocycles. The third kappa shape index (κ3) is 2.50. The molecule has 0 saturated carbocycles. The molecule has 7 heteroatoms. The van der Waals surface area contributed by atoms with E-state index in [-0.39, 0.29) is 36.9 Å². The molecule has 2 aliphatic heterocycles. The van der Waals surface area contributed by atoms with Crippen molar-refractivity contribution in [2.24, 2.45) is 17.8 Å². The summed E-state index contributed by atoms with van der Waals surface area (Å²) in [4.78, 5) is 37.4. The summed E-state index contributed by atoms with van der Waals surface area (Å²) in [5, 5.41) is 8.77. The number of ether oxygens (including phenoxy) is 1. The van der Waals surface area contributed by atoms with Crippen LogP contribution < -0.4 is 0 Å². The second-order valence-corrected chi connectivity index (χ2v) is 5.23. The zero-order chi connectivity index (χ0) is 14.2. The van der Waals surface area contributed by atoms with E-state index in [4.69, 9.17) is 9.84 Å². The van der Waals surface area contributed by atoms with E-state index >= 15 is 0 Å². The minimum Gasteiger partial charge on any atom is -0.481 e. The van der Waals surface area contributed by atoms with Gasteiger partial charge in [-0.05, 0) is 5.92 Å². The third-order valence-electron chi connectivity index (χ3n) is 3.89. The third-order valence-corrected chi connectivity index (χ3v) is 3.89. The van der Waals surface area contributed by atoms with E-state index in [1.807, 2.05) is 6.92 Å². The molecule has 0 aromatic heterocycles. The van der Waals surface area contributed by atoms with E-state index in [0.717, 1.165) is 0 Å². The number of methoxy groups -OCH3 is 1. The number of likely N-dealkylation sites (tertiary alicyclic amines) is 2. The van der Waals surface area contributed by atoms with Gasteiger partial charge in [0, 0.05) is 26.2 Å². The van der Waals surface area contributed by atoms with Crippen molar-refractivity contribution in [1.29, 1.82) is 0 Å². The molecule has 2 rings (SSSR count). The van der Waals surface area contributed by atoms with E-state index in [1.165, 1.54) is 12.0 Å². The Morgan fingerprint density at radius 1 is 1.11 bits per heavy atom. The average Bonchev–Trinajstić information content (AvgIpc) is 2.67. The van der Waals surface area contributed by atoms with Gasteiger partial charge in [0.15, 0.2) is 0 Å². The van der Waals surface area contributed by atoms with Gasteiger partial charge in [0.25, 0.3) is 0 Å². The van der Waals surface area contributed by atoms with E-state index in [1.54, 1.807) is 4.90 Å². The standard InChI is InChI=1S/C12H18N2O5/c1-7-3-13(6-9(7)11(17)19-2)12(18)14-4-8(5-14)10(15)16/h7-9H,3-6H2,1-2H3,(H,15,16). The SMILES string of the molecule is COC(=O)C1CN(C(=O)N2CC(C(=O)O)C2)CC1C. The molecule has 0 bridgehead atoms. The number of aliphatic carboxylic acids is 1. The van der Waals surface area contributed by atoms with Crippen LogP contribution in [0.5, 0.6) is 0 Å². The molecule has 0 aromatic rings. The van der Waals surface area contributed by atoms with E-state index in [2.05, 4.69) is 0 Å². The van der Waals surface area contributed by atoms with Gasteiger partial charge in [-0.3, -0.25) is 9.59 Å². The fraction of sp³-hybridized carbons (Fsp3) is 0.750. The van der Waals surface area contributed by atoms with Gasteiger partial charge in [-0.25, -0.2) is 4.79 Å². The number of rotatable bonds is 2. The lowest BCUT2D eigenvalue weighted by atomic mass is 9.99. The van der Waals surface area contributed by atoms with Crippen LogP contribution in [0.4, 0.5) is 4.79 Å². The topological polar surface area (TPSA) is 87.2 Å². The fourth-order valence-corrected chi connectivity index (χ4v) is 2.57. The fourth-order valence-electron chi connectivity index (χ4n) is 2.57. The number of carboxylic acids is 1. The van der Waals surface area contributed by atoms with Crippen molar-refractivity contribution in [1.82, 2.24) is 9.80 Å². The number of urea groups is 1. The minimum absolute atomic E-state index is 0.0629. The number of amides is 2. The summed E-state index contributed by atoms with van der Waals surface area (Å²) in [6.07, 6.45) is 0. The maximum Gasteiger partial charge on any atom is 0.320 e. The summed E-state index contributed by atoms with van der Waals surface area (Å²) in [7, 11) is 1.34. The van der Waals surface area contributed by atoms with Gasteiger partial charge in [-0.15, -0.1) is 0 Å². The molecule has 19 heavy (non-hydrogen) atoms. The summed E-state index contributed by atoms with van der Waals surface area (Å²) in [5.74, 6) is -1.85. The van der Waals surface area contributed by atoms with Crippen LogP contribution >= 0.6 is 0 Å². The number of nitrogens with zero attached hydrogens (tertiary/aromatic N) is 2. The summed E-state index contributed by atoms with van der Waals surface area (Å²) in [6, 6.07) is -0.184. The maximum atomic E-state index is 12.1. The second kappa shape index (κ2) is 5.07. The van der Waals surface area contributed by atoms with E-state index in [9.17, 15) is 14.4 Å². The van der Waals surface area contributed by atoms with E-state index in [0.29, 0.717) is 13.1 Å². The molecule has 7 nitrogen and oxygen atoms in total. The molecule has 1 N–H and O–H groups in total. The Morgan fingerprint density at radius 3 is 2.21 bits per heavy atom. The first kappa shape index (κ1) is 13.6. The zero-order valence-corrected chi connectivity index (χ0v) is 11.0. The number of carboxylic acid groups (broad SMARTS) is 1. The largest absolute Gasteiger partial charge is 0.481 e. The van der Waals surface area contributed by atoms with Crippen LogP contribution in [-0.4, -0.2) is 66.2 Å². The smallest absolute Gasteiger partial charge is 0.320 e. The predicted octanol–water partition coefficient (Wildman–Crippen LogP) is -0.136. The molecular weight excluding hydrogens is 252 g/mol. The molecule has 2 amide bonds. The van der Waals surface area contributed by atoms with Gasteiger partial charge < -0.3 is 19.6 Å². The Kier molecular flexibility index (Phi) is 3.64. The van der Waals surface area contributed by atoms with Gasteiger partial charge in [-0.2, -0.15) is 0 Å². The molecule has 2 heterocycles. The van der Waals surface area contributed by atoms with Crippen LogP contribution in [0.3, 0.4) is 0 Å². The van der Waals surface area contributed by atoms with Crippen molar-refractivity contribution in [3.8, 4) is 0 Å². The zero-order valence-electron chi connectivity index (χ0n) is 11.0. The molecule has 0 aromatic carbocycles. The summed E-state index contributed by atoms with van der Waals surface area (Å²) >= 11 is 0. The highest BCUT2D eigenvalue weighted by molar-refractivity contribution is 5.81. The number of hydrogen-bond acceptors (Lipinski definition) is 4. The summed E-state index contributed by atoms with van der Waals surface area (Å²) in [5.41, 5.74) is 0. The normalized spacial score (nSPS) is 27.1. The maximum absolute atomic E-state index is 12.1. The van der Waals surface area contributed by atoms with Crippen LogP contribution in [0.2, 0.25) is 0 Å². The Labute approximate surface area is 111 Å². The minimum atomic E-state index is -0.869. The van der Waals surface area contributed by atoms with Gasteiger partial charge >= 0.3 is 18.0 Å². The highest BCUT2D eigenvalue weighted by atomic mass is 16.5.